The zero-order valence-electron chi connectivity index (χ0n) is 19.3. The lowest BCUT2D eigenvalue weighted by atomic mass is 10.2. The quantitative estimate of drug-likeness (QED) is 0.288. The summed E-state index contributed by atoms with van der Waals surface area (Å²) < 4.78 is 40.5. The number of aryl methyl sites for hydroxylation is 1. The highest BCUT2D eigenvalue weighted by Gasteiger charge is 2.25. The molecule has 2 aromatic heterocycles. The van der Waals surface area contributed by atoms with Gasteiger partial charge < -0.3 is 14.4 Å². The number of benzene rings is 2. The minimum Gasteiger partial charge on any atom is -0.374 e. The minimum atomic E-state index is -3.74. The highest BCUT2D eigenvalue weighted by molar-refractivity contribution is 14.1. The number of ether oxygens (including phenoxy) is 2. The van der Waals surface area contributed by atoms with E-state index in [1.54, 1.807) is 36.7 Å². The van der Waals surface area contributed by atoms with E-state index in [9.17, 15) is 8.42 Å². The first-order valence-corrected chi connectivity index (χ1v) is 13.9. The molecule has 0 spiro atoms. The van der Waals surface area contributed by atoms with Crippen molar-refractivity contribution in [3.8, 4) is 0 Å². The van der Waals surface area contributed by atoms with E-state index in [1.165, 1.54) is 3.97 Å². The zero-order chi connectivity index (χ0) is 24.4. The summed E-state index contributed by atoms with van der Waals surface area (Å²) >= 11 is 2.17. The molecular weight excluding hydrogens is 577 g/mol. The normalized spacial score (nSPS) is 16.6. The number of hydrogen-bond acceptors (Lipinski definition) is 6. The molecule has 4 aromatic rings. The Morgan fingerprint density at radius 2 is 1.91 bits per heavy atom. The van der Waals surface area contributed by atoms with Crippen LogP contribution in [0.15, 0.2) is 78.0 Å². The topological polar surface area (TPSA) is 73.7 Å². The van der Waals surface area contributed by atoms with Crippen LogP contribution in [0.1, 0.15) is 11.1 Å². The van der Waals surface area contributed by atoms with Crippen LogP contribution in [0.5, 0.6) is 0 Å². The Bertz CT molecular complexity index is 1420. The van der Waals surface area contributed by atoms with Gasteiger partial charge in [-0.05, 0) is 53.3 Å². The van der Waals surface area contributed by atoms with Crippen LogP contribution in [0, 0.1) is 10.5 Å². The summed E-state index contributed by atoms with van der Waals surface area (Å²) in [5.41, 5.74) is 3.51. The van der Waals surface area contributed by atoms with Gasteiger partial charge >= 0.3 is 0 Å². The van der Waals surface area contributed by atoms with Gasteiger partial charge in [0.05, 0.1) is 42.7 Å². The fourth-order valence-corrected chi connectivity index (χ4v) is 6.34. The van der Waals surface area contributed by atoms with Gasteiger partial charge in [-0.1, -0.05) is 48.0 Å². The van der Waals surface area contributed by atoms with Crippen molar-refractivity contribution in [3.05, 3.63) is 87.8 Å². The molecule has 0 radical (unpaired) electrons. The van der Waals surface area contributed by atoms with Crippen LogP contribution in [0.25, 0.3) is 11.0 Å². The molecular formula is C26H26IN3O4S. The third kappa shape index (κ3) is 5.23. The number of halogens is 1. The van der Waals surface area contributed by atoms with Crippen molar-refractivity contribution in [2.45, 2.75) is 24.5 Å². The van der Waals surface area contributed by atoms with Crippen LogP contribution in [0.2, 0.25) is 0 Å². The molecule has 0 N–H and O–H groups in total. The molecule has 9 heteroatoms. The molecule has 35 heavy (non-hydrogen) atoms. The third-order valence-electron chi connectivity index (χ3n) is 6.05. The zero-order valence-corrected chi connectivity index (χ0v) is 22.3. The predicted octanol–water partition coefficient (Wildman–Crippen LogP) is 4.61. The summed E-state index contributed by atoms with van der Waals surface area (Å²) in [6, 6.07) is 19.0. The predicted molar refractivity (Wildman–Crippen MR) is 144 cm³/mol. The first kappa shape index (κ1) is 24.2. The summed E-state index contributed by atoms with van der Waals surface area (Å²) in [7, 11) is -3.74. The SMILES string of the molecule is Cc1ccc(S(=O)(=O)n2cc(I)c3cc(N4CCOC(COCc5ccccc5)C4)cnc32)cc1. The molecule has 182 valence electrons. The van der Waals surface area contributed by atoms with E-state index < -0.39 is 10.0 Å². The fourth-order valence-electron chi connectivity index (χ4n) is 4.15. The largest absolute Gasteiger partial charge is 0.374 e. The lowest BCUT2D eigenvalue weighted by molar-refractivity contribution is -0.0283. The number of fused-ring (bicyclic) bond motifs is 1. The number of rotatable bonds is 7. The van der Waals surface area contributed by atoms with Gasteiger partial charge in [-0.25, -0.2) is 17.4 Å². The maximum absolute atomic E-state index is 13.3. The van der Waals surface area contributed by atoms with Gasteiger partial charge in [0.2, 0.25) is 0 Å². The van der Waals surface area contributed by atoms with Crippen molar-refractivity contribution >= 4 is 49.3 Å². The second kappa shape index (κ2) is 10.3. The Kier molecular flexibility index (Phi) is 7.10. The van der Waals surface area contributed by atoms with Crippen LogP contribution in [0.4, 0.5) is 5.69 Å². The summed E-state index contributed by atoms with van der Waals surface area (Å²) in [5, 5.41) is 0.808. The minimum absolute atomic E-state index is 0.0475. The maximum Gasteiger partial charge on any atom is 0.269 e. The van der Waals surface area contributed by atoms with E-state index in [2.05, 4.69) is 32.5 Å². The molecule has 1 atom stereocenters. The average molecular weight is 603 g/mol. The van der Waals surface area contributed by atoms with Crippen molar-refractivity contribution in [1.82, 2.24) is 8.96 Å². The lowest BCUT2D eigenvalue weighted by Gasteiger charge is -2.34. The maximum atomic E-state index is 13.3. The summed E-state index contributed by atoms with van der Waals surface area (Å²) in [4.78, 5) is 7.04. The highest BCUT2D eigenvalue weighted by atomic mass is 127. The van der Waals surface area contributed by atoms with E-state index in [0.29, 0.717) is 32.0 Å². The molecule has 1 aliphatic rings. The van der Waals surface area contributed by atoms with Crippen molar-refractivity contribution < 1.29 is 17.9 Å². The summed E-state index contributed by atoms with van der Waals surface area (Å²) in [6.07, 6.45) is 3.33. The molecule has 0 aliphatic carbocycles. The highest BCUT2D eigenvalue weighted by Crippen LogP contribution is 2.29. The molecule has 5 rings (SSSR count). The van der Waals surface area contributed by atoms with E-state index >= 15 is 0 Å². The molecule has 7 nitrogen and oxygen atoms in total. The van der Waals surface area contributed by atoms with Gasteiger partial charge in [-0.3, -0.25) is 0 Å². The lowest BCUT2D eigenvalue weighted by Crippen LogP contribution is -2.44. The van der Waals surface area contributed by atoms with Crippen molar-refractivity contribution in [2.24, 2.45) is 0 Å². The monoisotopic (exact) mass is 603 g/mol. The van der Waals surface area contributed by atoms with Crippen LogP contribution in [-0.4, -0.2) is 49.8 Å². The molecule has 1 fully saturated rings. The van der Waals surface area contributed by atoms with E-state index in [1.807, 2.05) is 43.3 Å². The molecule has 1 aliphatic heterocycles. The number of morpholine rings is 1. The Balaban J connectivity index is 1.33. The molecule has 0 amide bonds. The second-order valence-electron chi connectivity index (χ2n) is 8.60. The number of hydrogen-bond donors (Lipinski definition) is 0. The number of pyridine rings is 1. The van der Waals surface area contributed by atoms with E-state index in [4.69, 9.17) is 9.47 Å². The summed E-state index contributed by atoms with van der Waals surface area (Å²) in [6.45, 7) is 5.00. The van der Waals surface area contributed by atoms with Crippen LogP contribution < -0.4 is 4.90 Å². The third-order valence-corrected chi connectivity index (χ3v) is 8.57. The number of aromatic nitrogens is 2. The van der Waals surface area contributed by atoms with Crippen LogP contribution in [-0.2, 0) is 26.1 Å². The first-order valence-electron chi connectivity index (χ1n) is 11.4. The Hall–Kier alpha value is -2.47. The van der Waals surface area contributed by atoms with Crippen molar-refractivity contribution in [1.29, 1.82) is 0 Å². The van der Waals surface area contributed by atoms with Gasteiger partial charge in [0, 0.05) is 28.2 Å². The van der Waals surface area contributed by atoms with Crippen molar-refractivity contribution in [2.75, 3.05) is 31.2 Å². The first-order chi connectivity index (χ1) is 16.9. The van der Waals surface area contributed by atoms with Gasteiger partial charge in [0.15, 0.2) is 5.65 Å². The Morgan fingerprint density at radius 3 is 2.69 bits per heavy atom. The fraction of sp³-hybridized carbons (Fsp3) is 0.269. The average Bonchev–Trinajstić information content (AvgIpc) is 3.22. The summed E-state index contributed by atoms with van der Waals surface area (Å²) in [5.74, 6) is 0. The van der Waals surface area contributed by atoms with Gasteiger partial charge in [-0.15, -0.1) is 0 Å². The van der Waals surface area contributed by atoms with Crippen molar-refractivity contribution in [3.63, 3.8) is 0 Å². The van der Waals surface area contributed by atoms with Gasteiger partial charge in [-0.2, -0.15) is 0 Å². The molecule has 0 bridgehead atoms. The smallest absolute Gasteiger partial charge is 0.269 e. The standard InChI is InChI=1S/C26H26IN3O4S/c1-19-7-9-23(10-8-19)35(31,32)30-16-25(27)24-13-21(14-28-26(24)30)29-11-12-34-22(15-29)18-33-17-20-5-3-2-4-6-20/h2-10,13-14,16,22H,11-12,15,17-18H2,1H3. The molecule has 2 aromatic carbocycles. The molecule has 0 saturated carbocycles. The van der Waals surface area contributed by atoms with Crippen LogP contribution >= 0.6 is 22.6 Å². The van der Waals surface area contributed by atoms with Crippen LogP contribution in [0.3, 0.4) is 0 Å². The van der Waals surface area contributed by atoms with E-state index in [-0.39, 0.29) is 11.0 Å². The van der Waals surface area contributed by atoms with Gasteiger partial charge in [0.25, 0.3) is 10.0 Å². The number of anilines is 1. The second-order valence-corrected chi connectivity index (χ2v) is 11.6. The Labute approximate surface area is 218 Å². The number of nitrogens with zero attached hydrogens (tertiary/aromatic N) is 3. The Morgan fingerprint density at radius 1 is 1.14 bits per heavy atom. The molecule has 1 saturated heterocycles. The van der Waals surface area contributed by atoms with Gasteiger partial charge in [0.1, 0.15) is 0 Å². The molecule has 1 unspecified atom stereocenters. The van der Waals surface area contributed by atoms with E-state index in [0.717, 1.165) is 32.3 Å². The molecule has 3 heterocycles.